The van der Waals surface area contributed by atoms with Crippen molar-refractivity contribution in [3.63, 3.8) is 0 Å². The van der Waals surface area contributed by atoms with Gasteiger partial charge in [0, 0.05) is 29.6 Å². The number of halogens is 1. The van der Waals surface area contributed by atoms with E-state index in [1.54, 1.807) is 0 Å². The molecule has 1 aromatic heterocycles. The number of amides is 2. The van der Waals surface area contributed by atoms with Gasteiger partial charge in [0.1, 0.15) is 12.4 Å². The minimum Gasteiger partial charge on any atom is -0.449 e. The summed E-state index contributed by atoms with van der Waals surface area (Å²) >= 11 is 0. The molecule has 0 bridgehead atoms. The van der Waals surface area contributed by atoms with E-state index in [2.05, 4.69) is 16.0 Å². The SMILES string of the molecule is CNCc1ccc(-c2c3c4c(cc(F)cc4n2CNC(=O)OCCSSC(=O)C(C)(C)C)C(=O)NCC3)cc1. The van der Waals surface area contributed by atoms with E-state index in [4.69, 9.17) is 4.74 Å². The third-order valence-electron chi connectivity index (χ3n) is 6.27. The molecular formula is C28H33FN4O4S2. The summed E-state index contributed by atoms with van der Waals surface area (Å²) in [5.74, 6) is -0.388. The fourth-order valence-corrected chi connectivity index (χ4v) is 6.52. The Hall–Kier alpha value is -3.02. The van der Waals surface area contributed by atoms with Crippen LogP contribution in [0.15, 0.2) is 36.4 Å². The monoisotopic (exact) mass is 572 g/mol. The van der Waals surface area contributed by atoms with Gasteiger partial charge in [0.25, 0.3) is 5.91 Å². The topological polar surface area (TPSA) is 101 Å². The average Bonchev–Trinajstić information content (AvgIpc) is 3.09. The van der Waals surface area contributed by atoms with E-state index in [9.17, 15) is 18.8 Å². The van der Waals surface area contributed by atoms with E-state index in [-0.39, 0.29) is 29.9 Å². The number of ether oxygens (including phenoxy) is 1. The molecular weight excluding hydrogens is 539 g/mol. The fraction of sp³-hybridized carbons (Fsp3) is 0.393. The Labute approximate surface area is 235 Å². The van der Waals surface area contributed by atoms with E-state index < -0.39 is 17.3 Å². The number of hydrogen-bond donors (Lipinski definition) is 3. The van der Waals surface area contributed by atoms with Crippen molar-refractivity contribution < 1.29 is 23.5 Å². The summed E-state index contributed by atoms with van der Waals surface area (Å²) in [6.45, 7) is 6.88. The lowest BCUT2D eigenvalue weighted by Crippen LogP contribution is -2.28. The van der Waals surface area contributed by atoms with Gasteiger partial charge in [0.15, 0.2) is 0 Å². The molecule has 0 saturated carbocycles. The highest BCUT2D eigenvalue weighted by atomic mass is 33.1. The Balaban J connectivity index is 1.57. The zero-order valence-electron chi connectivity index (χ0n) is 22.5. The number of carbonyl (C=O) groups is 3. The summed E-state index contributed by atoms with van der Waals surface area (Å²) < 4.78 is 21.8. The Kier molecular flexibility index (Phi) is 9.24. The first-order chi connectivity index (χ1) is 18.6. The molecule has 0 spiro atoms. The van der Waals surface area contributed by atoms with Gasteiger partial charge in [-0.05, 0) is 53.1 Å². The molecule has 0 radical (unpaired) electrons. The van der Waals surface area contributed by atoms with Crippen LogP contribution in [0.2, 0.25) is 0 Å². The molecule has 0 unspecified atom stereocenters. The maximum atomic E-state index is 14.7. The third kappa shape index (κ3) is 6.77. The van der Waals surface area contributed by atoms with Crippen molar-refractivity contribution in [2.75, 3.05) is 26.0 Å². The molecule has 2 aromatic carbocycles. The number of rotatable bonds is 9. The van der Waals surface area contributed by atoms with Gasteiger partial charge in [-0.2, -0.15) is 0 Å². The summed E-state index contributed by atoms with van der Waals surface area (Å²) in [5.41, 5.74) is 4.13. The predicted molar refractivity (Wildman–Crippen MR) is 155 cm³/mol. The summed E-state index contributed by atoms with van der Waals surface area (Å²) in [4.78, 5) is 37.3. The van der Waals surface area contributed by atoms with Crippen LogP contribution >= 0.6 is 21.6 Å². The van der Waals surface area contributed by atoms with Gasteiger partial charge in [-0.3, -0.25) is 9.59 Å². The number of nitrogens with one attached hydrogen (secondary N) is 3. The molecule has 3 N–H and O–H groups in total. The number of alkyl carbamates (subject to hydrolysis) is 1. The average molecular weight is 573 g/mol. The number of benzene rings is 2. The number of aromatic nitrogens is 1. The van der Waals surface area contributed by atoms with Gasteiger partial charge >= 0.3 is 6.09 Å². The van der Waals surface area contributed by atoms with Crippen molar-refractivity contribution >= 4 is 49.6 Å². The van der Waals surface area contributed by atoms with Gasteiger partial charge in [-0.25, -0.2) is 9.18 Å². The first kappa shape index (κ1) is 29.0. The summed E-state index contributed by atoms with van der Waals surface area (Å²) in [6, 6.07) is 10.7. The van der Waals surface area contributed by atoms with Gasteiger partial charge in [-0.1, -0.05) is 55.8 Å². The van der Waals surface area contributed by atoms with Gasteiger partial charge in [0.05, 0.1) is 23.4 Å². The molecule has 4 rings (SSSR count). The van der Waals surface area contributed by atoms with Crippen molar-refractivity contribution in [3.8, 4) is 11.3 Å². The molecule has 0 fully saturated rings. The van der Waals surface area contributed by atoms with Crippen LogP contribution in [0.25, 0.3) is 22.2 Å². The van der Waals surface area contributed by atoms with Crippen LogP contribution in [0, 0.1) is 11.2 Å². The van der Waals surface area contributed by atoms with Crippen molar-refractivity contribution in [2.24, 2.45) is 5.41 Å². The summed E-state index contributed by atoms with van der Waals surface area (Å²) in [5, 5.41) is 9.50. The largest absolute Gasteiger partial charge is 0.449 e. The van der Waals surface area contributed by atoms with Crippen LogP contribution in [0.3, 0.4) is 0 Å². The molecule has 0 saturated heterocycles. The number of carbonyl (C=O) groups excluding carboxylic acids is 3. The predicted octanol–water partition coefficient (Wildman–Crippen LogP) is 5.09. The molecule has 0 atom stereocenters. The quantitative estimate of drug-likeness (QED) is 0.243. The fourth-order valence-electron chi connectivity index (χ4n) is 4.41. The maximum Gasteiger partial charge on any atom is 0.408 e. The Morgan fingerprint density at radius 3 is 2.62 bits per heavy atom. The van der Waals surface area contributed by atoms with Crippen LogP contribution in [0.1, 0.15) is 42.3 Å². The van der Waals surface area contributed by atoms with E-state index in [0.29, 0.717) is 29.6 Å². The van der Waals surface area contributed by atoms with Gasteiger partial charge in [-0.15, -0.1) is 0 Å². The van der Waals surface area contributed by atoms with Crippen LogP contribution in [-0.2, 0) is 29.2 Å². The maximum absolute atomic E-state index is 14.7. The highest BCUT2D eigenvalue weighted by Crippen LogP contribution is 2.38. The molecule has 1 aliphatic rings. The van der Waals surface area contributed by atoms with Crippen LogP contribution in [0.4, 0.5) is 9.18 Å². The van der Waals surface area contributed by atoms with E-state index in [1.807, 2.05) is 56.7 Å². The van der Waals surface area contributed by atoms with Crippen molar-refractivity contribution in [1.29, 1.82) is 0 Å². The second-order valence-electron chi connectivity index (χ2n) is 10.2. The minimum atomic E-state index is -0.622. The summed E-state index contributed by atoms with van der Waals surface area (Å²) in [7, 11) is 4.38. The van der Waals surface area contributed by atoms with Crippen molar-refractivity contribution in [1.82, 2.24) is 20.5 Å². The zero-order chi connectivity index (χ0) is 28.2. The molecule has 3 aromatic rings. The highest BCUT2D eigenvalue weighted by molar-refractivity contribution is 8.82. The van der Waals surface area contributed by atoms with E-state index in [1.165, 1.54) is 22.9 Å². The standard InChI is InChI=1S/C28H33FN4O4S2/c1-28(2,3)26(35)39-38-12-11-37-27(36)32-16-33-22-14-19(29)13-21-23(22)20(9-10-31-25(21)34)24(33)18-7-5-17(6-8-18)15-30-4/h5-8,13-14,30H,9-12,15-16H2,1-4H3,(H,31,34)(H,32,36). The Morgan fingerprint density at radius 1 is 1.18 bits per heavy atom. The van der Waals surface area contributed by atoms with Crippen molar-refractivity contribution in [3.05, 3.63) is 58.9 Å². The van der Waals surface area contributed by atoms with E-state index >= 15 is 0 Å². The number of nitrogens with zero attached hydrogens (tertiary/aromatic N) is 1. The Bertz CT molecular complexity index is 1380. The van der Waals surface area contributed by atoms with E-state index in [0.717, 1.165) is 39.7 Å². The lowest BCUT2D eigenvalue weighted by atomic mass is 9.99. The lowest BCUT2D eigenvalue weighted by Gasteiger charge is -2.15. The molecule has 11 heteroatoms. The molecule has 2 heterocycles. The second-order valence-corrected chi connectivity index (χ2v) is 12.6. The van der Waals surface area contributed by atoms with Gasteiger partial charge < -0.3 is 25.3 Å². The van der Waals surface area contributed by atoms with Gasteiger partial charge in [0.2, 0.25) is 5.12 Å². The van der Waals surface area contributed by atoms with Crippen LogP contribution in [-0.4, -0.2) is 47.6 Å². The highest BCUT2D eigenvalue weighted by Gasteiger charge is 2.27. The normalized spacial score (nSPS) is 13.2. The van der Waals surface area contributed by atoms with Crippen molar-refractivity contribution in [2.45, 2.75) is 40.4 Å². The molecule has 2 amide bonds. The Morgan fingerprint density at radius 2 is 1.92 bits per heavy atom. The summed E-state index contributed by atoms with van der Waals surface area (Å²) in [6.07, 6.45) is -0.0587. The molecule has 208 valence electrons. The van der Waals surface area contributed by atoms with Crippen LogP contribution < -0.4 is 16.0 Å². The first-order valence-electron chi connectivity index (χ1n) is 12.7. The molecule has 8 nitrogen and oxygen atoms in total. The third-order valence-corrected chi connectivity index (χ3v) is 8.80. The number of hydrogen-bond acceptors (Lipinski definition) is 7. The lowest BCUT2D eigenvalue weighted by molar-refractivity contribution is -0.117. The molecule has 0 aliphatic carbocycles. The van der Waals surface area contributed by atoms with Crippen LogP contribution in [0.5, 0.6) is 0 Å². The zero-order valence-corrected chi connectivity index (χ0v) is 24.1. The smallest absolute Gasteiger partial charge is 0.408 e. The second kappa shape index (κ2) is 12.4. The minimum absolute atomic E-state index is 0.0256. The molecule has 1 aliphatic heterocycles. The molecule has 39 heavy (non-hydrogen) atoms. The first-order valence-corrected chi connectivity index (χ1v) is 15.0.